The number of aryl methyl sites for hydroxylation is 1. The summed E-state index contributed by atoms with van der Waals surface area (Å²) < 4.78 is 1.09. The first-order chi connectivity index (χ1) is 7.65. The first kappa shape index (κ1) is 10.2. The van der Waals surface area contributed by atoms with Crippen LogP contribution in [0.5, 0.6) is 0 Å². The molecule has 0 fully saturated rings. The van der Waals surface area contributed by atoms with Gasteiger partial charge in [-0.3, -0.25) is 0 Å². The van der Waals surface area contributed by atoms with Crippen molar-refractivity contribution < 1.29 is 0 Å². The van der Waals surface area contributed by atoms with E-state index in [1.165, 1.54) is 16.3 Å². The molecule has 0 aliphatic carbocycles. The van der Waals surface area contributed by atoms with Crippen molar-refractivity contribution in [2.45, 2.75) is 6.92 Å². The minimum Gasteiger partial charge on any atom is -0.354 e. The van der Waals surface area contributed by atoms with Crippen LogP contribution in [0.1, 0.15) is 5.56 Å². The van der Waals surface area contributed by atoms with Crippen LogP contribution in [0.3, 0.4) is 0 Å². The summed E-state index contributed by atoms with van der Waals surface area (Å²) in [5.41, 5.74) is 3.52. The molecular weight excluding hydrogens is 286 g/mol. The summed E-state index contributed by atoms with van der Waals surface area (Å²) in [5.74, 6) is 0. The molecule has 0 spiro atoms. The van der Waals surface area contributed by atoms with Gasteiger partial charge in [0.15, 0.2) is 0 Å². The zero-order valence-corrected chi connectivity index (χ0v) is 11.0. The molecule has 0 saturated heterocycles. The van der Waals surface area contributed by atoms with Crippen molar-refractivity contribution in [2.24, 2.45) is 0 Å². The van der Waals surface area contributed by atoms with E-state index < -0.39 is 0 Å². The van der Waals surface area contributed by atoms with Crippen molar-refractivity contribution in [2.75, 3.05) is 0 Å². The zero-order valence-electron chi connectivity index (χ0n) is 8.64. The lowest BCUT2D eigenvalue weighted by Crippen LogP contribution is -1.75. The van der Waals surface area contributed by atoms with Crippen LogP contribution in [-0.4, -0.2) is 4.98 Å². The lowest BCUT2D eigenvalue weighted by molar-refractivity contribution is 1.49. The Labute approximate surface area is 107 Å². The molecule has 0 amide bonds. The Morgan fingerprint density at radius 1 is 1.12 bits per heavy atom. The van der Waals surface area contributed by atoms with Gasteiger partial charge >= 0.3 is 0 Å². The van der Waals surface area contributed by atoms with Gasteiger partial charge in [0, 0.05) is 31.3 Å². The monoisotopic (exact) mass is 293 g/mol. The maximum absolute atomic E-state index is 6.04. The number of aromatic amines is 1. The molecule has 16 heavy (non-hydrogen) atoms. The smallest absolute Gasteiger partial charge is 0.0478 e. The molecule has 0 saturated carbocycles. The average Bonchev–Trinajstić information content (AvgIpc) is 2.54. The lowest BCUT2D eigenvalue weighted by atomic mass is 10.1. The summed E-state index contributed by atoms with van der Waals surface area (Å²) >= 11 is 9.55. The van der Waals surface area contributed by atoms with E-state index in [9.17, 15) is 0 Å². The number of rotatable bonds is 0. The minimum absolute atomic E-state index is 0.774. The van der Waals surface area contributed by atoms with E-state index in [1.807, 2.05) is 18.2 Å². The van der Waals surface area contributed by atoms with Crippen LogP contribution in [0.15, 0.2) is 34.8 Å². The Morgan fingerprint density at radius 2 is 1.94 bits per heavy atom. The van der Waals surface area contributed by atoms with E-state index in [-0.39, 0.29) is 0 Å². The molecule has 0 bridgehead atoms. The number of hydrogen-bond donors (Lipinski definition) is 1. The van der Waals surface area contributed by atoms with Crippen LogP contribution in [-0.2, 0) is 0 Å². The van der Waals surface area contributed by atoms with Crippen molar-refractivity contribution in [3.05, 3.63) is 45.4 Å². The highest BCUT2D eigenvalue weighted by atomic mass is 79.9. The topological polar surface area (TPSA) is 15.8 Å². The second-order valence-electron chi connectivity index (χ2n) is 3.96. The van der Waals surface area contributed by atoms with Crippen LogP contribution >= 0.6 is 27.5 Å². The van der Waals surface area contributed by atoms with Gasteiger partial charge in [-0.15, -0.1) is 0 Å². The Bertz CT molecular complexity index is 700. The maximum atomic E-state index is 6.04. The first-order valence-corrected chi connectivity index (χ1v) is 6.19. The summed E-state index contributed by atoms with van der Waals surface area (Å²) in [4.78, 5) is 3.40. The number of nitrogens with one attached hydrogen (secondary N) is 1. The second kappa shape index (κ2) is 3.51. The fourth-order valence-corrected chi connectivity index (χ4v) is 2.92. The van der Waals surface area contributed by atoms with Gasteiger partial charge in [0.05, 0.1) is 0 Å². The highest BCUT2D eigenvalue weighted by molar-refractivity contribution is 9.10. The Balaban J connectivity index is 2.57. The van der Waals surface area contributed by atoms with Crippen molar-refractivity contribution in [3.63, 3.8) is 0 Å². The zero-order chi connectivity index (χ0) is 11.3. The van der Waals surface area contributed by atoms with Crippen molar-refractivity contribution in [3.8, 4) is 0 Å². The molecule has 0 atom stereocenters. The normalized spacial score (nSPS) is 11.4. The van der Waals surface area contributed by atoms with Crippen LogP contribution < -0.4 is 0 Å². The largest absolute Gasteiger partial charge is 0.354 e. The van der Waals surface area contributed by atoms with Gasteiger partial charge in [-0.05, 0) is 42.8 Å². The van der Waals surface area contributed by atoms with E-state index >= 15 is 0 Å². The summed E-state index contributed by atoms with van der Waals surface area (Å²) in [6.07, 6.45) is 0. The molecule has 3 aromatic rings. The summed E-state index contributed by atoms with van der Waals surface area (Å²) in [6.45, 7) is 2.11. The van der Waals surface area contributed by atoms with Crippen LogP contribution in [0.4, 0.5) is 0 Å². The molecule has 1 N–H and O–H groups in total. The quantitative estimate of drug-likeness (QED) is 0.597. The number of halogens is 2. The summed E-state index contributed by atoms with van der Waals surface area (Å²) in [5, 5.41) is 3.21. The summed E-state index contributed by atoms with van der Waals surface area (Å²) in [6, 6.07) is 10.2. The average molecular weight is 295 g/mol. The fraction of sp³-hybridized carbons (Fsp3) is 0.0769. The predicted octanol–water partition coefficient (Wildman–Crippen LogP) is 5.05. The third kappa shape index (κ3) is 1.45. The first-order valence-electron chi connectivity index (χ1n) is 5.02. The number of fused-ring (bicyclic) bond motifs is 3. The van der Waals surface area contributed by atoms with E-state index in [2.05, 4.69) is 40.0 Å². The molecule has 3 rings (SSSR count). The molecule has 1 nitrogen and oxygen atoms in total. The second-order valence-corrected chi connectivity index (χ2v) is 5.31. The number of hydrogen-bond acceptors (Lipinski definition) is 0. The van der Waals surface area contributed by atoms with E-state index in [1.54, 1.807) is 0 Å². The molecule has 0 aliphatic heterocycles. The third-order valence-corrected chi connectivity index (χ3v) is 3.51. The SMILES string of the molecule is Cc1cc(Br)cc2[nH]c3ccc(Cl)cc3c12. The fourth-order valence-electron chi connectivity index (χ4n) is 2.18. The maximum Gasteiger partial charge on any atom is 0.0478 e. The van der Waals surface area contributed by atoms with Crippen LogP contribution in [0, 0.1) is 6.92 Å². The molecule has 80 valence electrons. The Morgan fingerprint density at radius 3 is 2.75 bits per heavy atom. The van der Waals surface area contributed by atoms with Crippen molar-refractivity contribution in [1.29, 1.82) is 0 Å². The molecule has 2 aromatic carbocycles. The molecule has 1 aromatic heterocycles. The number of aromatic nitrogens is 1. The lowest BCUT2D eigenvalue weighted by Gasteiger charge is -1.98. The van der Waals surface area contributed by atoms with Gasteiger partial charge < -0.3 is 4.98 Å². The Kier molecular flexibility index (Phi) is 2.23. The van der Waals surface area contributed by atoms with Crippen molar-refractivity contribution >= 4 is 49.3 Å². The standard InChI is InChI=1S/C13H9BrClN/c1-7-4-8(14)5-12-13(7)10-6-9(15)2-3-11(10)16-12/h2-6,16H,1H3. The minimum atomic E-state index is 0.774. The molecular formula is C13H9BrClN. The molecule has 0 radical (unpaired) electrons. The van der Waals surface area contributed by atoms with Crippen molar-refractivity contribution in [1.82, 2.24) is 4.98 Å². The van der Waals surface area contributed by atoms with Gasteiger partial charge in [0.25, 0.3) is 0 Å². The van der Waals surface area contributed by atoms with E-state index in [0.717, 1.165) is 20.5 Å². The van der Waals surface area contributed by atoms with Gasteiger partial charge in [0.1, 0.15) is 0 Å². The molecule has 0 aliphatic rings. The van der Waals surface area contributed by atoms with Gasteiger partial charge in [-0.25, -0.2) is 0 Å². The predicted molar refractivity (Wildman–Crippen MR) is 73.3 cm³/mol. The molecule has 0 unspecified atom stereocenters. The van der Waals surface area contributed by atoms with Gasteiger partial charge in [0.2, 0.25) is 0 Å². The third-order valence-electron chi connectivity index (χ3n) is 2.82. The molecule has 3 heteroatoms. The van der Waals surface area contributed by atoms with Gasteiger partial charge in [-0.2, -0.15) is 0 Å². The highest BCUT2D eigenvalue weighted by Gasteiger charge is 2.07. The van der Waals surface area contributed by atoms with E-state index in [0.29, 0.717) is 0 Å². The van der Waals surface area contributed by atoms with Crippen LogP contribution in [0.2, 0.25) is 5.02 Å². The molecule has 1 heterocycles. The van der Waals surface area contributed by atoms with Gasteiger partial charge in [-0.1, -0.05) is 27.5 Å². The summed E-state index contributed by atoms with van der Waals surface area (Å²) in [7, 11) is 0. The van der Waals surface area contributed by atoms with Crippen LogP contribution in [0.25, 0.3) is 21.8 Å². The number of benzene rings is 2. The van der Waals surface area contributed by atoms with E-state index in [4.69, 9.17) is 11.6 Å². The number of H-pyrrole nitrogens is 1. The highest BCUT2D eigenvalue weighted by Crippen LogP contribution is 2.32. The Hall–Kier alpha value is -0.990.